The quantitative estimate of drug-likeness (QED) is 0.413. The Kier molecular flexibility index (Phi) is 8.46. The van der Waals surface area contributed by atoms with Gasteiger partial charge in [0.15, 0.2) is 0 Å². The molecule has 1 saturated heterocycles. The lowest BCUT2D eigenvalue weighted by Gasteiger charge is -2.50. The average Bonchev–Trinajstić information content (AvgIpc) is 3.49. The van der Waals surface area contributed by atoms with Crippen molar-refractivity contribution in [3.8, 4) is 5.69 Å². The van der Waals surface area contributed by atoms with Crippen molar-refractivity contribution >= 4 is 17.8 Å². The number of fused-ring (bicyclic) bond motifs is 1. The molecule has 2 heterocycles. The van der Waals surface area contributed by atoms with Crippen molar-refractivity contribution in [3.63, 3.8) is 0 Å². The van der Waals surface area contributed by atoms with E-state index < -0.39 is 11.2 Å². The molecule has 228 valence electrons. The maximum Gasteiger partial charge on any atom is 0.354 e. The third kappa shape index (κ3) is 5.95. The number of hydrogen-bond acceptors (Lipinski definition) is 7. The molecule has 3 amide bonds. The molecule has 2 aromatic rings. The zero-order valence-electron chi connectivity index (χ0n) is 25.4. The van der Waals surface area contributed by atoms with Crippen molar-refractivity contribution in [1.29, 1.82) is 0 Å². The van der Waals surface area contributed by atoms with Crippen molar-refractivity contribution in [2.75, 3.05) is 44.6 Å². The molecule has 42 heavy (non-hydrogen) atoms. The monoisotopic (exact) mass is 578 g/mol. The third-order valence-electron chi connectivity index (χ3n) is 9.57. The predicted molar refractivity (Wildman–Crippen MR) is 163 cm³/mol. The van der Waals surface area contributed by atoms with E-state index >= 15 is 0 Å². The van der Waals surface area contributed by atoms with Gasteiger partial charge in [-0.25, -0.2) is 9.59 Å². The number of nitrogens with zero attached hydrogens (tertiary/aromatic N) is 5. The number of piperazine rings is 1. The standard InChI is InChI=1S/C31H46N8O3/c1-5-39(31-17-23(18-31)24(19-31)20-32)21(2)16-22-6-8-25(9-7-22)38-11-10-26(35-29(38)42)34-28(41)37-14-12-36(13-15-37)27(40)30(3,4)33/h6-11,21,23-24H,5,12-20,32-33H2,1-4H3,(H,34,35,41,42)/t21?,23?,24-,31?/m1/s1. The number of likely N-dealkylation sites (N-methyl/N-ethyl adjacent to an activating group) is 1. The Morgan fingerprint density at radius 1 is 1.10 bits per heavy atom. The van der Waals surface area contributed by atoms with Crippen LogP contribution >= 0.6 is 0 Å². The molecule has 5 N–H and O–H groups in total. The highest BCUT2D eigenvalue weighted by Gasteiger charge is 2.58. The molecule has 6 rings (SSSR count). The molecule has 0 radical (unpaired) electrons. The molecule has 3 aliphatic carbocycles. The summed E-state index contributed by atoms with van der Waals surface area (Å²) < 4.78 is 1.47. The second-order valence-electron chi connectivity index (χ2n) is 13.0. The molecule has 4 fully saturated rings. The van der Waals surface area contributed by atoms with Gasteiger partial charge in [-0.05, 0) is 95.1 Å². The van der Waals surface area contributed by atoms with E-state index in [1.165, 1.54) is 29.4 Å². The fraction of sp³-hybridized carbons (Fsp3) is 0.613. The van der Waals surface area contributed by atoms with Crippen molar-refractivity contribution in [3.05, 3.63) is 52.6 Å². The maximum absolute atomic E-state index is 12.9. The van der Waals surface area contributed by atoms with Gasteiger partial charge in [0.1, 0.15) is 5.82 Å². The molecule has 1 aromatic heterocycles. The van der Waals surface area contributed by atoms with Crippen LogP contribution in [0, 0.1) is 11.8 Å². The van der Waals surface area contributed by atoms with Crippen LogP contribution in [0.1, 0.15) is 52.5 Å². The fourth-order valence-electron chi connectivity index (χ4n) is 7.44. The van der Waals surface area contributed by atoms with Crippen molar-refractivity contribution in [2.24, 2.45) is 23.3 Å². The number of benzene rings is 1. The molecule has 1 aliphatic heterocycles. The minimum atomic E-state index is -0.947. The Hall–Kier alpha value is -3.28. The number of nitrogens with one attached hydrogen (secondary N) is 1. The lowest BCUT2D eigenvalue weighted by molar-refractivity contribution is -0.137. The van der Waals surface area contributed by atoms with E-state index in [0.29, 0.717) is 43.7 Å². The molecule has 4 aliphatic rings. The summed E-state index contributed by atoms with van der Waals surface area (Å²) in [5.74, 6) is 1.53. The van der Waals surface area contributed by atoms with E-state index in [9.17, 15) is 14.4 Å². The van der Waals surface area contributed by atoms with Gasteiger partial charge in [0.05, 0.1) is 11.2 Å². The number of nitrogens with two attached hydrogens (primary N) is 2. The second-order valence-corrected chi connectivity index (χ2v) is 13.0. The van der Waals surface area contributed by atoms with Gasteiger partial charge in [-0.3, -0.25) is 19.6 Å². The summed E-state index contributed by atoms with van der Waals surface area (Å²) in [5.41, 5.74) is 12.8. The zero-order chi connectivity index (χ0) is 30.2. The van der Waals surface area contributed by atoms with E-state index in [1.54, 1.807) is 35.9 Å². The lowest BCUT2D eigenvalue weighted by Crippen LogP contribution is -2.58. The number of rotatable bonds is 9. The number of hydrogen-bond donors (Lipinski definition) is 3. The molecule has 2 bridgehead atoms. The Bertz CT molecular complexity index is 1340. The predicted octanol–water partition coefficient (Wildman–Crippen LogP) is 2.03. The Balaban J connectivity index is 1.16. The van der Waals surface area contributed by atoms with Gasteiger partial charge in [0.2, 0.25) is 5.91 Å². The van der Waals surface area contributed by atoms with Gasteiger partial charge in [0, 0.05) is 44.0 Å². The highest BCUT2D eigenvalue weighted by molar-refractivity contribution is 5.89. The molecule has 2 atom stereocenters. The van der Waals surface area contributed by atoms with Crippen LogP contribution in [0.15, 0.2) is 41.3 Å². The number of urea groups is 1. The SMILES string of the molecule is CCN(C(C)Cc1ccc(-n2ccc(NC(=O)N3CCN(C(=O)C(C)(C)N)CC3)nc2=O)cc1)C12CC(C1)[C@@H](CN)C2. The van der Waals surface area contributed by atoms with Gasteiger partial charge in [-0.1, -0.05) is 19.1 Å². The first-order chi connectivity index (χ1) is 19.9. The Morgan fingerprint density at radius 3 is 2.29 bits per heavy atom. The molecular formula is C31H46N8O3. The van der Waals surface area contributed by atoms with E-state index in [0.717, 1.165) is 31.1 Å². The molecule has 11 heteroatoms. The maximum atomic E-state index is 12.9. The summed E-state index contributed by atoms with van der Waals surface area (Å²) >= 11 is 0. The van der Waals surface area contributed by atoms with Crippen LogP contribution in [0.25, 0.3) is 5.69 Å². The Labute approximate surface area is 248 Å². The number of aromatic nitrogens is 2. The van der Waals surface area contributed by atoms with E-state index in [1.807, 2.05) is 12.1 Å². The number of carbonyl (C=O) groups excluding carboxylic acids is 2. The summed E-state index contributed by atoms with van der Waals surface area (Å²) in [5, 5.41) is 2.71. The Morgan fingerprint density at radius 2 is 1.74 bits per heavy atom. The summed E-state index contributed by atoms with van der Waals surface area (Å²) in [6, 6.07) is 9.73. The highest BCUT2D eigenvalue weighted by atomic mass is 16.2. The van der Waals surface area contributed by atoms with E-state index in [-0.39, 0.29) is 17.8 Å². The van der Waals surface area contributed by atoms with Crippen molar-refractivity contribution < 1.29 is 9.59 Å². The number of amides is 3. The first-order valence-electron chi connectivity index (χ1n) is 15.2. The van der Waals surface area contributed by atoms with Gasteiger partial charge in [-0.2, -0.15) is 4.98 Å². The van der Waals surface area contributed by atoms with Crippen LogP contribution < -0.4 is 22.5 Å². The van der Waals surface area contributed by atoms with Crippen LogP contribution in [-0.2, 0) is 11.2 Å². The van der Waals surface area contributed by atoms with Gasteiger partial charge < -0.3 is 21.3 Å². The normalized spacial score (nSPS) is 24.5. The molecular weight excluding hydrogens is 532 g/mol. The lowest BCUT2D eigenvalue weighted by atomic mass is 9.74. The minimum Gasteiger partial charge on any atom is -0.338 e. The number of carbonyl (C=O) groups is 2. The molecule has 1 unspecified atom stereocenters. The highest BCUT2D eigenvalue weighted by Crippen LogP contribution is 2.58. The molecule has 1 aromatic carbocycles. The first kappa shape index (κ1) is 30.2. The zero-order valence-corrected chi connectivity index (χ0v) is 25.4. The van der Waals surface area contributed by atoms with Gasteiger partial charge >= 0.3 is 11.7 Å². The second kappa shape index (κ2) is 11.8. The molecule has 3 saturated carbocycles. The summed E-state index contributed by atoms with van der Waals surface area (Å²) in [7, 11) is 0. The summed E-state index contributed by atoms with van der Waals surface area (Å²) in [6.07, 6.45) is 6.36. The van der Waals surface area contributed by atoms with Crippen LogP contribution in [0.5, 0.6) is 0 Å². The van der Waals surface area contributed by atoms with Crippen molar-refractivity contribution in [1.82, 2.24) is 24.3 Å². The van der Waals surface area contributed by atoms with Crippen molar-refractivity contribution in [2.45, 2.75) is 70.5 Å². The van der Waals surface area contributed by atoms with Crippen LogP contribution in [0.4, 0.5) is 10.6 Å². The summed E-state index contributed by atoms with van der Waals surface area (Å²) in [4.78, 5) is 48.1. The van der Waals surface area contributed by atoms with E-state index in [4.69, 9.17) is 11.5 Å². The van der Waals surface area contributed by atoms with E-state index in [2.05, 4.69) is 41.2 Å². The first-order valence-corrected chi connectivity index (χ1v) is 15.2. The van der Waals surface area contributed by atoms with Crippen LogP contribution in [0.3, 0.4) is 0 Å². The van der Waals surface area contributed by atoms with Gasteiger partial charge in [-0.15, -0.1) is 0 Å². The topological polar surface area (TPSA) is 143 Å². The minimum absolute atomic E-state index is 0.139. The van der Waals surface area contributed by atoms with Crippen LogP contribution in [0.2, 0.25) is 0 Å². The molecule has 11 nitrogen and oxygen atoms in total. The average molecular weight is 579 g/mol. The third-order valence-corrected chi connectivity index (χ3v) is 9.57. The smallest absolute Gasteiger partial charge is 0.338 e. The fourth-order valence-corrected chi connectivity index (χ4v) is 7.44. The number of anilines is 1. The summed E-state index contributed by atoms with van der Waals surface area (Å²) in [6.45, 7) is 11.3. The van der Waals surface area contributed by atoms with Crippen LogP contribution in [-0.4, -0.2) is 92.6 Å². The molecule has 0 spiro atoms. The van der Waals surface area contributed by atoms with Gasteiger partial charge in [0.25, 0.3) is 0 Å². The largest absolute Gasteiger partial charge is 0.354 e.